The van der Waals surface area contributed by atoms with Gasteiger partial charge >= 0.3 is 0 Å². The van der Waals surface area contributed by atoms with Gasteiger partial charge in [-0.1, -0.05) is 122 Å². The van der Waals surface area contributed by atoms with Crippen LogP contribution in [0.4, 0.5) is 0 Å². The number of quaternary nitrogens is 1. The molecule has 3 heteroatoms. The fourth-order valence-corrected chi connectivity index (χ4v) is 4.79. The van der Waals surface area contributed by atoms with E-state index in [0.717, 1.165) is 16.8 Å². The van der Waals surface area contributed by atoms with Crippen LogP contribution in [0.3, 0.4) is 0 Å². The second-order valence-electron chi connectivity index (χ2n) is 10.7. The van der Waals surface area contributed by atoms with E-state index in [1.54, 1.807) is 7.11 Å². The monoisotopic (exact) mass is 481 g/mol. The lowest BCUT2D eigenvalue weighted by Gasteiger charge is -2.30. The highest BCUT2D eigenvalue weighted by molar-refractivity contribution is 5.27. The van der Waals surface area contributed by atoms with E-state index in [0.29, 0.717) is 0 Å². The van der Waals surface area contributed by atoms with E-state index >= 15 is 0 Å². The maximum Gasteiger partial charge on any atom is 0.119 e. The van der Waals surface area contributed by atoms with E-state index in [9.17, 15) is 0 Å². The van der Waals surface area contributed by atoms with E-state index in [2.05, 4.69) is 39.2 Å². The van der Waals surface area contributed by atoms with Crippen molar-refractivity contribution in [2.75, 3.05) is 27.7 Å². The topological polar surface area (TPSA) is 9.23 Å². The van der Waals surface area contributed by atoms with Gasteiger partial charge in [0, 0.05) is 5.56 Å². The first-order chi connectivity index (χ1) is 15.6. The van der Waals surface area contributed by atoms with Gasteiger partial charge in [-0.25, -0.2) is 0 Å². The van der Waals surface area contributed by atoms with Gasteiger partial charge in [0.2, 0.25) is 0 Å². The number of hydrogen-bond acceptors (Lipinski definition) is 1. The van der Waals surface area contributed by atoms with Crippen LogP contribution in [0, 0.1) is 0 Å². The molecule has 0 fully saturated rings. The smallest absolute Gasteiger partial charge is 0.119 e. The van der Waals surface area contributed by atoms with E-state index in [1.165, 1.54) is 128 Å². The van der Waals surface area contributed by atoms with Crippen molar-refractivity contribution < 1.29 is 21.6 Å². The summed E-state index contributed by atoms with van der Waals surface area (Å²) >= 11 is 0. The average Bonchev–Trinajstić information content (AvgIpc) is 2.78. The number of hydrogen-bond donors (Lipinski definition) is 0. The van der Waals surface area contributed by atoms with Crippen molar-refractivity contribution >= 4 is 0 Å². The third-order valence-corrected chi connectivity index (χ3v) is 6.86. The largest absolute Gasteiger partial charge is 1.00 e. The van der Waals surface area contributed by atoms with Crippen molar-refractivity contribution in [1.29, 1.82) is 0 Å². The van der Waals surface area contributed by atoms with Gasteiger partial charge in [0.1, 0.15) is 12.3 Å². The number of ether oxygens (including phenoxy) is 1. The molecule has 0 unspecified atom stereocenters. The molecule has 1 rings (SSSR count). The second-order valence-corrected chi connectivity index (χ2v) is 10.7. The SMILES string of the molecule is CCCCCCCCCCCCCCCCCCCC[N+](C)(C)Cc1cccc(OC)c1.[Cl-]. The van der Waals surface area contributed by atoms with E-state index in [4.69, 9.17) is 4.74 Å². The summed E-state index contributed by atoms with van der Waals surface area (Å²) in [5, 5.41) is 0. The Morgan fingerprint density at radius 3 is 1.48 bits per heavy atom. The molecule has 194 valence electrons. The predicted octanol–water partition coefficient (Wildman–Crippen LogP) is 6.32. The molecular weight excluding hydrogens is 426 g/mol. The van der Waals surface area contributed by atoms with Crippen LogP contribution in [-0.4, -0.2) is 32.2 Å². The minimum absolute atomic E-state index is 0. The van der Waals surface area contributed by atoms with E-state index in [1.807, 2.05) is 6.07 Å². The Balaban J connectivity index is 0.0000102. The molecule has 0 saturated heterocycles. The molecule has 0 aromatic heterocycles. The quantitative estimate of drug-likeness (QED) is 0.139. The zero-order valence-electron chi connectivity index (χ0n) is 22.7. The van der Waals surface area contributed by atoms with Gasteiger partial charge in [-0.15, -0.1) is 0 Å². The fraction of sp³-hybridized carbons (Fsp3) is 0.800. The first kappa shape index (κ1) is 32.3. The molecule has 0 spiro atoms. The maximum absolute atomic E-state index is 5.36. The number of halogens is 1. The highest BCUT2D eigenvalue weighted by atomic mass is 35.5. The van der Waals surface area contributed by atoms with Crippen LogP contribution in [0.1, 0.15) is 128 Å². The Labute approximate surface area is 213 Å². The molecule has 0 aliphatic rings. The van der Waals surface area contributed by atoms with Crippen LogP contribution in [0.25, 0.3) is 0 Å². The number of benzene rings is 1. The average molecular weight is 482 g/mol. The third-order valence-electron chi connectivity index (χ3n) is 6.86. The van der Waals surface area contributed by atoms with Gasteiger partial charge in [0.15, 0.2) is 0 Å². The minimum atomic E-state index is 0. The standard InChI is InChI=1S/C30H56NO.ClH/c1-5-6-7-8-9-10-11-12-13-14-15-16-17-18-19-20-21-22-26-31(2,3)28-29-24-23-25-30(27-29)32-4;/h23-25,27H,5-22,26,28H2,1-4H3;1H/q+1;/p-1. The van der Waals surface area contributed by atoms with Crippen molar-refractivity contribution in [2.45, 2.75) is 129 Å². The van der Waals surface area contributed by atoms with Gasteiger partial charge in [0.05, 0.1) is 27.7 Å². The Kier molecular flexibility index (Phi) is 21.3. The Morgan fingerprint density at radius 2 is 1.06 bits per heavy atom. The molecule has 0 bridgehead atoms. The fourth-order valence-electron chi connectivity index (χ4n) is 4.79. The van der Waals surface area contributed by atoms with E-state index in [-0.39, 0.29) is 12.4 Å². The molecule has 0 N–H and O–H groups in total. The van der Waals surface area contributed by atoms with Crippen molar-refractivity contribution in [3.63, 3.8) is 0 Å². The van der Waals surface area contributed by atoms with Gasteiger partial charge in [-0.05, 0) is 25.0 Å². The van der Waals surface area contributed by atoms with Crippen molar-refractivity contribution in [1.82, 2.24) is 0 Å². The molecule has 33 heavy (non-hydrogen) atoms. The molecule has 2 nitrogen and oxygen atoms in total. The lowest BCUT2D eigenvalue weighted by Crippen LogP contribution is -3.00. The highest BCUT2D eigenvalue weighted by Gasteiger charge is 2.15. The molecule has 0 saturated carbocycles. The molecule has 0 aliphatic carbocycles. The molecule has 1 aromatic rings. The zero-order valence-corrected chi connectivity index (χ0v) is 23.4. The molecule has 0 amide bonds. The summed E-state index contributed by atoms with van der Waals surface area (Å²) in [6.07, 6.45) is 25.9. The van der Waals surface area contributed by atoms with Crippen LogP contribution >= 0.6 is 0 Å². The lowest BCUT2D eigenvalue weighted by atomic mass is 10.0. The van der Waals surface area contributed by atoms with Gasteiger partial charge < -0.3 is 21.6 Å². The molecule has 0 aliphatic heterocycles. The summed E-state index contributed by atoms with van der Waals surface area (Å²) in [6.45, 7) is 4.64. The Hall–Kier alpha value is -0.730. The summed E-state index contributed by atoms with van der Waals surface area (Å²) in [5.74, 6) is 0.968. The maximum atomic E-state index is 5.36. The normalized spacial score (nSPS) is 11.4. The molecular formula is C30H56ClNO. The van der Waals surface area contributed by atoms with Crippen molar-refractivity contribution in [3.8, 4) is 5.75 Å². The number of methoxy groups -OCH3 is 1. The van der Waals surface area contributed by atoms with Gasteiger partial charge in [0.25, 0.3) is 0 Å². The Morgan fingerprint density at radius 1 is 0.636 bits per heavy atom. The first-order valence-corrected chi connectivity index (χ1v) is 14.0. The van der Waals surface area contributed by atoms with E-state index < -0.39 is 0 Å². The summed E-state index contributed by atoms with van der Waals surface area (Å²) in [5.41, 5.74) is 1.37. The second kappa shape index (κ2) is 21.8. The van der Waals surface area contributed by atoms with Crippen LogP contribution in [0.15, 0.2) is 24.3 Å². The molecule has 1 aromatic carbocycles. The summed E-state index contributed by atoms with van der Waals surface area (Å²) in [6, 6.07) is 8.53. The molecule has 0 heterocycles. The number of nitrogens with zero attached hydrogens (tertiary/aromatic N) is 1. The zero-order chi connectivity index (χ0) is 23.3. The predicted molar refractivity (Wildman–Crippen MR) is 142 cm³/mol. The van der Waals surface area contributed by atoms with Crippen molar-refractivity contribution in [3.05, 3.63) is 29.8 Å². The number of rotatable bonds is 22. The molecule has 0 radical (unpaired) electrons. The Bertz CT molecular complexity index is 546. The van der Waals surface area contributed by atoms with Crippen molar-refractivity contribution in [2.24, 2.45) is 0 Å². The van der Waals surface area contributed by atoms with Crippen LogP contribution in [0.2, 0.25) is 0 Å². The summed E-state index contributed by atoms with van der Waals surface area (Å²) in [7, 11) is 6.46. The lowest BCUT2D eigenvalue weighted by molar-refractivity contribution is -0.903. The van der Waals surface area contributed by atoms with Crippen LogP contribution in [0.5, 0.6) is 5.75 Å². The summed E-state index contributed by atoms with van der Waals surface area (Å²) in [4.78, 5) is 0. The van der Waals surface area contributed by atoms with Crippen LogP contribution < -0.4 is 17.1 Å². The highest BCUT2D eigenvalue weighted by Crippen LogP contribution is 2.18. The van der Waals surface area contributed by atoms with Gasteiger partial charge in [-0.2, -0.15) is 0 Å². The van der Waals surface area contributed by atoms with Crippen LogP contribution in [-0.2, 0) is 6.54 Å². The van der Waals surface area contributed by atoms with Gasteiger partial charge in [-0.3, -0.25) is 0 Å². The first-order valence-electron chi connectivity index (χ1n) is 14.0. The number of unbranched alkanes of at least 4 members (excludes halogenated alkanes) is 17. The minimum Gasteiger partial charge on any atom is -1.00 e. The molecule has 0 atom stereocenters. The summed E-state index contributed by atoms with van der Waals surface area (Å²) < 4.78 is 6.42. The third kappa shape index (κ3) is 19.3.